The van der Waals surface area contributed by atoms with Gasteiger partial charge in [-0.2, -0.15) is 0 Å². The Balaban J connectivity index is 2.11. The van der Waals surface area contributed by atoms with E-state index in [4.69, 9.17) is 19.9 Å². The lowest BCUT2D eigenvalue weighted by molar-refractivity contribution is 0.0105. The molecule has 1 aliphatic rings. The van der Waals surface area contributed by atoms with Crippen molar-refractivity contribution in [1.29, 1.82) is 0 Å². The molecule has 0 amide bonds. The van der Waals surface area contributed by atoms with Crippen LogP contribution in [0.15, 0.2) is 0 Å². The average molecular weight is 301 g/mol. The Hall–Kier alpha value is -0.160. The van der Waals surface area contributed by atoms with Crippen molar-refractivity contribution in [2.45, 2.75) is 46.0 Å². The van der Waals surface area contributed by atoms with Crippen molar-refractivity contribution in [3.63, 3.8) is 0 Å². The van der Waals surface area contributed by atoms with Crippen molar-refractivity contribution in [2.75, 3.05) is 46.7 Å². The fraction of sp³-hybridized carbons (Fsp3) is 1.00. The first kappa shape index (κ1) is 18.9. The van der Waals surface area contributed by atoms with Gasteiger partial charge < -0.3 is 19.9 Å². The largest absolute Gasteiger partial charge is 0.382 e. The third-order valence-electron chi connectivity index (χ3n) is 5.05. The highest BCUT2D eigenvalue weighted by Gasteiger charge is 2.34. The summed E-state index contributed by atoms with van der Waals surface area (Å²) in [6.07, 6.45) is 6.27. The first-order chi connectivity index (χ1) is 10.1. The predicted octanol–water partition coefficient (Wildman–Crippen LogP) is 2.85. The molecule has 2 N–H and O–H groups in total. The van der Waals surface area contributed by atoms with Crippen LogP contribution in [-0.2, 0) is 14.2 Å². The van der Waals surface area contributed by atoms with Gasteiger partial charge in [0, 0.05) is 13.7 Å². The molecule has 0 unspecified atom stereocenters. The maximum atomic E-state index is 6.06. The maximum absolute atomic E-state index is 6.06. The molecule has 0 radical (unpaired) electrons. The number of hydrogen-bond acceptors (Lipinski definition) is 4. The molecule has 1 saturated carbocycles. The molecule has 0 aromatic carbocycles. The topological polar surface area (TPSA) is 53.7 Å². The summed E-state index contributed by atoms with van der Waals surface area (Å²) < 4.78 is 16.0. The van der Waals surface area contributed by atoms with E-state index < -0.39 is 0 Å². The highest BCUT2D eigenvalue weighted by Crippen LogP contribution is 2.42. The lowest BCUT2D eigenvalue weighted by atomic mass is 9.66. The Labute approximate surface area is 130 Å². The third kappa shape index (κ3) is 7.09. The SMILES string of the molecule is COCCOCCOCCC1(CN)CCC(C(C)C)CC1. The van der Waals surface area contributed by atoms with Crippen LogP contribution < -0.4 is 5.73 Å². The van der Waals surface area contributed by atoms with Crippen LogP contribution in [0.3, 0.4) is 0 Å². The van der Waals surface area contributed by atoms with Gasteiger partial charge in [0.15, 0.2) is 0 Å². The summed E-state index contributed by atoms with van der Waals surface area (Å²) in [7, 11) is 1.68. The number of hydrogen-bond donors (Lipinski definition) is 1. The van der Waals surface area contributed by atoms with Crippen molar-refractivity contribution in [3.05, 3.63) is 0 Å². The molecule has 0 atom stereocenters. The van der Waals surface area contributed by atoms with E-state index in [9.17, 15) is 0 Å². The van der Waals surface area contributed by atoms with Gasteiger partial charge in [0.2, 0.25) is 0 Å². The van der Waals surface area contributed by atoms with Crippen LogP contribution in [0.2, 0.25) is 0 Å². The van der Waals surface area contributed by atoms with Crippen LogP contribution in [0.1, 0.15) is 46.0 Å². The quantitative estimate of drug-likeness (QED) is 0.596. The minimum atomic E-state index is 0.322. The molecule has 0 aliphatic heterocycles. The zero-order valence-corrected chi connectivity index (χ0v) is 14.2. The molecule has 0 aromatic rings. The monoisotopic (exact) mass is 301 g/mol. The van der Waals surface area contributed by atoms with E-state index in [0.717, 1.165) is 31.4 Å². The second-order valence-electron chi connectivity index (χ2n) is 6.75. The van der Waals surface area contributed by atoms with E-state index in [1.165, 1.54) is 25.7 Å². The van der Waals surface area contributed by atoms with E-state index in [0.29, 0.717) is 31.8 Å². The van der Waals surface area contributed by atoms with Crippen LogP contribution in [0.25, 0.3) is 0 Å². The van der Waals surface area contributed by atoms with Crippen molar-refractivity contribution in [2.24, 2.45) is 23.0 Å². The second kappa shape index (κ2) is 10.5. The maximum Gasteiger partial charge on any atom is 0.0701 e. The van der Waals surface area contributed by atoms with E-state index >= 15 is 0 Å². The van der Waals surface area contributed by atoms with E-state index in [2.05, 4.69) is 13.8 Å². The molecular formula is C17H35NO3. The molecule has 126 valence electrons. The molecule has 21 heavy (non-hydrogen) atoms. The standard InChI is InChI=1S/C17H35NO3/c1-15(2)16-4-6-17(14-18,7-5-16)8-9-20-12-13-21-11-10-19-3/h15-16H,4-14,18H2,1-3H3. The zero-order valence-electron chi connectivity index (χ0n) is 14.2. The van der Waals surface area contributed by atoms with Gasteiger partial charge in [0.1, 0.15) is 0 Å². The molecule has 4 nitrogen and oxygen atoms in total. The zero-order chi connectivity index (χ0) is 15.6. The summed E-state index contributed by atoms with van der Waals surface area (Å²) in [5.41, 5.74) is 6.38. The molecule has 1 rings (SSSR count). The fourth-order valence-electron chi connectivity index (χ4n) is 3.23. The molecule has 1 fully saturated rings. The minimum absolute atomic E-state index is 0.322. The highest BCUT2D eigenvalue weighted by molar-refractivity contribution is 4.87. The van der Waals surface area contributed by atoms with Crippen LogP contribution >= 0.6 is 0 Å². The molecule has 0 spiro atoms. The number of nitrogens with two attached hydrogens (primary N) is 1. The average Bonchev–Trinajstić information content (AvgIpc) is 2.50. The van der Waals surface area contributed by atoms with Crippen LogP contribution in [0, 0.1) is 17.3 Å². The molecule has 4 heteroatoms. The number of rotatable bonds is 11. The number of ether oxygens (including phenoxy) is 3. The Morgan fingerprint density at radius 2 is 1.57 bits per heavy atom. The van der Waals surface area contributed by atoms with Crippen molar-refractivity contribution in [3.8, 4) is 0 Å². The first-order valence-electron chi connectivity index (χ1n) is 8.48. The van der Waals surface area contributed by atoms with Crippen molar-refractivity contribution in [1.82, 2.24) is 0 Å². The summed E-state index contributed by atoms with van der Waals surface area (Å²) in [6, 6.07) is 0. The smallest absolute Gasteiger partial charge is 0.0701 e. The van der Waals surface area contributed by atoms with E-state index in [1.54, 1.807) is 7.11 Å². The van der Waals surface area contributed by atoms with Crippen LogP contribution in [0.5, 0.6) is 0 Å². The Kier molecular flexibility index (Phi) is 9.49. The number of methoxy groups -OCH3 is 1. The highest BCUT2D eigenvalue weighted by atomic mass is 16.5. The van der Waals surface area contributed by atoms with Gasteiger partial charge in [-0.1, -0.05) is 13.8 Å². The Bertz CT molecular complexity index is 250. The van der Waals surface area contributed by atoms with Gasteiger partial charge in [-0.05, 0) is 55.9 Å². The van der Waals surface area contributed by atoms with Gasteiger partial charge in [0.25, 0.3) is 0 Å². The third-order valence-corrected chi connectivity index (χ3v) is 5.05. The summed E-state index contributed by atoms with van der Waals surface area (Å²) in [4.78, 5) is 0. The summed E-state index contributed by atoms with van der Waals surface area (Å²) in [5, 5.41) is 0. The lowest BCUT2D eigenvalue weighted by Crippen LogP contribution is -2.37. The molecule has 0 saturated heterocycles. The fourth-order valence-corrected chi connectivity index (χ4v) is 3.23. The van der Waals surface area contributed by atoms with Crippen LogP contribution in [0.4, 0.5) is 0 Å². The van der Waals surface area contributed by atoms with Gasteiger partial charge in [-0.25, -0.2) is 0 Å². The normalized spacial score (nSPS) is 26.4. The van der Waals surface area contributed by atoms with E-state index in [1.807, 2.05) is 0 Å². The second-order valence-corrected chi connectivity index (χ2v) is 6.75. The Morgan fingerprint density at radius 1 is 1.00 bits per heavy atom. The molecular weight excluding hydrogens is 266 g/mol. The van der Waals surface area contributed by atoms with Crippen LogP contribution in [-0.4, -0.2) is 46.7 Å². The van der Waals surface area contributed by atoms with Gasteiger partial charge >= 0.3 is 0 Å². The summed E-state index contributed by atoms with van der Waals surface area (Å²) in [6.45, 7) is 8.88. The van der Waals surface area contributed by atoms with Crippen molar-refractivity contribution < 1.29 is 14.2 Å². The van der Waals surface area contributed by atoms with E-state index in [-0.39, 0.29) is 0 Å². The van der Waals surface area contributed by atoms with Gasteiger partial charge in [-0.15, -0.1) is 0 Å². The summed E-state index contributed by atoms with van der Waals surface area (Å²) in [5.74, 6) is 1.70. The lowest BCUT2D eigenvalue weighted by Gasteiger charge is -2.40. The first-order valence-corrected chi connectivity index (χ1v) is 8.48. The minimum Gasteiger partial charge on any atom is -0.382 e. The molecule has 0 aromatic heterocycles. The molecule has 1 aliphatic carbocycles. The van der Waals surface area contributed by atoms with Gasteiger partial charge in [-0.3, -0.25) is 0 Å². The van der Waals surface area contributed by atoms with Crippen molar-refractivity contribution >= 4 is 0 Å². The molecule has 0 heterocycles. The predicted molar refractivity (Wildman–Crippen MR) is 86.4 cm³/mol. The molecule has 0 bridgehead atoms. The summed E-state index contributed by atoms with van der Waals surface area (Å²) >= 11 is 0. The van der Waals surface area contributed by atoms with Gasteiger partial charge in [0.05, 0.1) is 26.4 Å². The Morgan fingerprint density at radius 3 is 2.10 bits per heavy atom.